The zero-order valence-electron chi connectivity index (χ0n) is 16.3. The number of carbonyl (C=O) groups excluding carboxylic acids is 1. The minimum atomic E-state index is -3.77. The van der Waals surface area contributed by atoms with E-state index in [2.05, 4.69) is 15.0 Å². The number of halogens is 1. The summed E-state index contributed by atoms with van der Waals surface area (Å²) in [6.07, 6.45) is 0. The van der Waals surface area contributed by atoms with Gasteiger partial charge in [-0.1, -0.05) is 18.2 Å². The quantitative estimate of drug-likeness (QED) is 0.514. The highest BCUT2D eigenvalue weighted by atomic mass is 32.2. The van der Waals surface area contributed by atoms with Crippen LogP contribution in [0.3, 0.4) is 0 Å². The van der Waals surface area contributed by atoms with Gasteiger partial charge in [-0.15, -0.1) is 11.3 Å². The second-order valence-electron chi connectivity index (χ2n) is 6.37. The molecule has 0 spiro atoms. The van der Waals surface area contributed by atoms with E-state index in [0.29, 0.717) is 22.0 Å². The molecule has 0 unspecified atom stereocenters. The lowest BCUT2D eigenvalue weighted by atomic mass is 10.1. The molecule has 2 aromatic carbocycles. The fourth-order valence-electron chi connectivity index (χ4n) is 2.65. The Balaban J connectivity index is 1.79. The van der Waals surface area contributed by atoms with Gasteiger partial charge in [0, 0.05) is 30.2 Å². The molecular weight excluding hydrogens is 429 g/mol. The summed E-state index contributed by atoms with van der Waals surface area (Å²) in [4.78, 5) is 17.0. The van der Waals surface area contributed by atoms with E-state index in [-0.39, 0.29) is 29.4 Å². The summed E-state index contributed by atoms with van der Waals surface area (Å²) in [5.74, 6) is -0.861. The van der Waals surface area contributed by atoms with E-state index in [1.165, 1.54) is 42.7 Å². The summed E-state index contributed by atoms with van der Waals surface area (Å²) >= 11 is 1.19. The van der Waals surface area contributed by atoms with Gasteiger partial charge in [-0.25, -0.2) is 22.5 Å². The van der Waals surface area contributed by atoms with Crippen LogP contribution >= 0.6 is 11.3 Å². The van der Waals surface area contributed by atoms with Crippen molar-refractivity contribution in [3.8, 4) is 11.3 Å². The number of nitrogens with zero attached hydrogens (tertiary/aromatic N) is 1. The average Bonchev–Trinajstić information content (AvgIpc) is 3.16. The molecule has 0 aliphatic heterocycles. The largest absolute Gasteiger partial charge is 0.383 e. The number of methoxy groups -OCH3 is 1. The van der Waals surface area contributed by atoms with Crippen molar-refractivity contribution in [3.05, 3.63) is 64.8 Å². The van der Waals surface area contributed by atoms with Crippen molar-refractivity contribution in [2.45, 2.75) is 11.8 Å². The standard InChI is InChI=1S/C20H20FN3O4S2/c1-13-6-7-16(30(26,27)22-8-9-28-2)11-17(13)19(25)24-20-23-18(12-29-20)14-4-3-5-15(21)10-14/h3-7,10-12,22H,8-9H2,1-2H3,(H,23,24,25). The van der Waals surface area contributed by atoms with Gasteiger partial charge in [0.15, 0.2) is 5.13 Å². The van der Waals surface area contributed by atoms with Crippen LogP contribution < -0.4 is 10.0 Å². The first kappa shape index (κ1) is 22.0. The first-order valence-corrected chi connectivity index (χ1v) is 11.3. The lowest BCUT2D eigenvalue weighted by Gasteiger charge is -2.10. The Morgan fingerprint density at radius 3 is 2.77 bits per heavy atom. The third-order valence-electron chi connectivity index (χ3n) is 4.21. The molecule has 7 nitrogen and oxygen atoms in total. The first-order valence-electron chi connectivity index (χ1n) is 8.92. The summed E-state index contributed by atoms with van der Waals surface area (Å²) in [7, 11) is -2.30. The number of amides is 1. The Hall–Kier alpha value is -2.66. The molecule has 0 aliphatic rings. The van der Waals surface area contributed by atoms with Crippen LogP contribution in [0.25, 0.3) is 11.3 Å². The molecule has 3 aromatic rings. The van der Waals surface area contributed by atoms with Crippen LogP contribution in [0.1, 0.15) is 15.9 Å². The molecule has 1 amide bonds. The van der Waals surface area contributed by atoms with Gasteiger partial charge in [0.25, 0.3) is 5.91 Å². The summed E-state index contributed by atoms with van der Waals surface area (Å²) in [6.45, 7) is 2.07. The third-order valence-corrected chi connectivity index (χ3v) is 6.42. The van der Waals surface area contributed by atoms with Gasteiger partial charge in [0.05, 0.1) is 17.2 Å². The number of thiazole rings is 1. The molecule has 2 N–H and O–H groups in total. The molecule has 0 bridgehead atoms. The van der Waals surface area contributed by atoms with Crippen molar-refractivity contribution >= 4 is 32.4 Å². The van der Waals surface area contributed by atoms with Crippen LogP contribution in [0.2, 0.25) is 0 Å². The van der Waals surface area contributed by atoms with Gasteiger partial charge in [0.1, 0.15) is 5.82 Å². The van der Waals surface area contributed by atoms with Crippen LogP contribution in [0.4, 0.5) is 9.52 Å². The molecule has 1 heterocycles. The number of rotatable bonds is 8. The highest BCUT2D eigenvalue weighted by Gasteiger charge is 2.18. The number of sulfonamides is 1. The van der Waals surface area contributed by atoms with Crippen LogP contribution in [0.5, 0.6) is 0 Å². The number of anilines is 1. The van der Waals surface area contributed by atoms with E-state index in [9.17, 15) is 17.6 Å². The molecule has 10 heteroatoms. The molecule has 0 saturated heterocycles. The highest BCUT2D eigenvalue weighted by molar-refractivity contribution is 7.89. The fraction of sp³-hybridized carbons (Fsp3) is 0.200. The Kier molecular flexibility index (Phi) is 6.93. The van der Waals surface area contributed by atoms with Crippen LogP contribution in [-0.4, -0.2) is 39.6 Å². The van der Waals surface area contributed by atoms with Gasteiger partial charge >= 0.3 is 0 Å². The SMILES string of the molecule is COCCNS(=O)(=O)c1ccc(C)c(C(=O)Nc2nc(-c3cccc(F)c3)cs2)c1. The smallest absolute Gasteiger partial charge is 0.257 e. The maximum atomic E-state index is 13.4. The Morgan fingerprint density at radius 2 is 2.03 bits per heavy atom. The number of aromatic nitrogens is 1. The molecule has 0 atom stereocenters. The number of aryl methyl sites for hydroxylation is 1. The number of benzene rings is 2. The summed E-state index contributed by atoms with van der Waals surface area (Å²) in [5.41, 5.74) is 1.96. The van der Waals surface area contributed by atoms with Crippen molar-refractivity contribution in [2.24, 2.45) is 0 Å². The van der Waals surface area contributed by atoms with Crippen molar-refractivity contribution in [3.63, 3.8) is 0 Å². The van der Waals surface area contributed by atoms with Crippen molar-refractivity contribution < 1.29 is 22.3 Å². The van der Waals surface area contributed by atoms with Gasteiger partial charge < -0.3 is 4.74 Å². The molecule has 0 saturated carbocycles. The number of hydrogen-bond donors (Lipinski definition) is 2. The van der Waals surface area contributed by atoms with Crippen molar-refractivity contribution in [1.82, 2.24) is 9.71 Å². The highest BCUT2D eigenvalue weighted by Crippen LogP contribution is 2.26. The minimum absolute atomic E-state index is 0.0195. The molecule has 1 aromatic heterocycles. The van der Waals surface area contributed by atoms with Crippen LogP contribution in [0, 0.1) is 12.7 Å². The van der Waals surface area contributed by atoms with Gasteiger partial charge in [0.2, 0.25) is 10.0 Å². The Bertz CT molecular complexity index is 1160. The van der Waals surface area contributed by atoms with E-state index in [1.807, 2.05) is 0 Å². The molecule has 0 aliphatic carbocycles. The Labute approximate surface area is 178 Å². The molecule has 158 valence electrons. The van der Waals surface area contributed by atoms with Crippen LogP contribution in [0.15, 0.2) is 52.7 Å². The minimum Gasteiger partial charge on any atom is -0.383 e. The van der Waals surface area contributed by atoms with E-state index in [0.717, 1.165) is 0 Å². The third kappa shape index (κ3) is 5.28. The number of nitrogens with one attached hydrogen (secondary N) is 2. The topological polar surface area (TPSA) is 97.4 Å². The van der Waals surface area contributed by atoms with Gasteiger partial charge in [-0.3, -0.25) is 10.1 Å². The van der Waals surface area contributed by atoms with Crippen molar-refractivity contribution in [1.29, 1.82) is 0 Å². The number of carbonyl (C=O) groups is 1. The Morgan fingerprint density at radius 1 is 1.23 bits per heavy atom. The average molecular weight is 450 g/mol. The number of hydrogen-bond acceptors (Lipinski definition) is 6. The van der Waals surface area contributed by atoms with Crippen molar-refractivity contribution in [2.75, 3.05) is 25.6 Å². The van der Waals surface area contributed by atoms with E-state index >= 15 is 0 Å². The lowest BCUT2D eigenvalue weighted by molar-refractivity contribution is 0.102. The molecule has 0 radical (unpaired) electrons. The zero-order chi connectivity index (χ0) is 21.7. The number of ether oxygens (including phenoxy) is 1. The second-order valence-corrected chi connectivity index (χ2v) is 8.99. The predicted molar refractivity (Wildman–Crippen MR) is 114 cm³/mol. The van der Waals surface area contributed by atoms with E-state index in [1.54, 1.807) is 30.5 Å². The van der Waals surface area contributed by atoms with E-state index < -0.39 is 15.9 Å². The molecule has 30 heavy (non-hydrogen) atoms. The lowest BCUT2D eigenvalue weighted by Crippen LogP contribution is -2.27. The fourth-order valence-corrected chi connectivity index (χ4v) is 4.40. The van der Waals surface area contributed by atoms with Crippen LogP contribution in [-0.2, 0) is 14.8 Å². The maximum Gasteiger partial charge on any atom is 0.257 e. The summed E-state index contributed by atoms with van der Waals surface area (Å²) < 4.78 is 45.5. The normalized spacial score (nSPS) is 11.4. The molecule has 3 rings (SSSR count). The summed E-state index contributed by atoms with van der Waals surface area (Å²) in [6, 6.07) is 10.3. The summed E-state index contributed by atoms with van der Waals surface area (Å²) in [5, 5.41) is 4.70. The van der Waals surface area contributed by atoms with Gasteiger partial charge in [-0.05, 0) is 36.8 Å². The maximum absolute atomic E-state index is 13.4. The molecular formula is C20H20FN3O4S2. The molecule has 0 fully saturated rings. The monoisotopic (exact) mass is 449 g/mol. The zero-order valence-corrected chi connectivity index (χ0v) is 17.9. The van der Waals surface area contributed by atoms with Gasteiger partial charge in [-0.2, -0.15) is 0 Å². The second kappa shape index (κ2) is 9.43. The first-order chi connectivity index (χ1) is 14.3. The van der Waals surface area contributed by atoms with E-state index in [4.69, 9.17) is 4.74 Å². The predicted octanol–water partition coefficient (Wildman–Crippen LogP) is 3.43.